The van der Waals surface area contributed by atoms with E-state index in [1.165, 1.54) is 5.75 Å². The summed E-state index contributed by atoms with van der Waals surface area (Å²) in [6.45, 7) is 4.12. The lowest BCUT2D eigenvalue weighted by molar-refractivity contribution is -0.118. The van der Waals surface area contributed by atoms with E-state index in [9.17, 15) is 4.79 Å². The topological polar surface area (TPSA) is 17.1 Å². The van der Waals surface area contributed by atoms with Gasteiger partial charge in [-0.05, 0) is 0 Å². The van der Waals surface area contributed by atoms with E-state index < -0.39 is 0 Å². The van der Waals surface area contributed by atoms with Crippen molar-refractivity contribution in [1.82, 2.24) is 0 Å². The van der Waals surface area contributed by atoms with Crippen molar-refractivity contribution in [3.63, 3.8) is 0 Å². The minimum absolute atomic E-state index is 0.277. The molecule has 1 aliphatic rings. The highest BCUT2D eigenvalue weighted by Crippen LogP contribution is 2.31. The van der Waals surface area contributed by atoms with Crippen LogP contribution < -0.4 is 0 Å². The van der Waals surface area contributed by atoms with Crippen LogP contribution in [0.25, 0.3) is 0 Å². The summed E-state index contributed by atoms with van der Waals surface area (Å²) < 4.78 is 0. The summed E-state index contributed by atoms with van der Waals surface area (Å²) in [7, 11) is 0. The Bertz CT molecular complexity index is 147. The van der Waals surface area contributed by atoms with Crippen molar-refractivity contribution in [2.45, 2.75) is 30.8 Å². The van der Waals surface area contributed by atoms with Crippen LogP contribution in [0, 0.1) is 0 Å². The lowest BCUT2D eigenvalue weighted by atomic mass is 10.2. The molecule has 0 spiro atoms. The van der Waals surface area contributed by atoms with Crippen molar-refractivity contribution >= 4 is 29.3 Å². The fourth-order valence-electron chi connectivity index (χ4n) is 1.19. The van der Waals surface area contributed by atoms with Crippen LogP contribution in [0.5, 0.6) is 0 Å². The summed E-state index contributed by atoms with van der Waals surface area (Å²) in [5, 5.41) is 0.806. The largest absolute Gasteiger partial charge is 0.298 e. The average Bonchev–Trinajstić information content (AvgIpc) is 2.04. The van der Waals surface area contributed by atoms with Gasteiger partial charge in [0.15, 0.2) is 0 Å². The smallest absolute Gasteiger partial charge is 0.146 e. The standard InChI is InChI=1S/C8H14OS2/c1-3-7(9)8-6(2)10-4-5-11-8/h6,8H,3-5H2,1-2H3. The first-order chi connectivity index (χ1) is 5.25. The fourth-order valence-corrected chi connectivity index (χ4v) is 4.00. The van der Waals surface area contributed by atoms with Gasteiger partial charge in [0.25, 0.3) is 0 Å². The van der Waals surface area contributed by atoms with Gasteiger partial charge in [-0.1, -0.05) is 13.8 Å². The van der Waals surface area contributed by atoms with Gasteiger partial charge < -0.3 is 0 Å². The van der Waals surface area contributed by atoms with Crippen LogP contribution in [0.2, 0.25) is 0 Å². The minimum Gasteiger partial charge on any atom is -0.298 e. The predicted octanol–water partition coefficient (Wildman–Crippen LogP) is 2.20. The molecule has 0 aliphatic carbocycles. The molecule has 1 heterocycles. The monoisotopic (exact) mass is 190 g/mol. The second kappa shape index (κ2) is 4.41. The SMILES string of the molecule is CCC(=O)C1SCCSC1C. The summed E-state index contributed by atoms with van der Waals surface area (Å²) in [6.07, 6.45) is 0.697. The van der Waals surface area contributed by atoms with E-state index in [1.54, 1.807) is 0 Å². The summed E-state index contributed by atoms with van der Waals surface area (Å²) in [4.78, 5) is 11.3. The number of thioether (sulfide) groups is 2. The molecule has 1 fully saturated rings. The summed E-state index contributed by atoms with van der Waals surface area (Å²) in [6, 6.07) is 0. The van der Waals surface area contributed by atoms with E-state index in [0.717, 1.165) is 5.75 Å². The zero-order valence-electron chi connectivity index (χ0n) is 7.00. The van der Waals surface area contributed by atoms with E-state index in [-0.39, 0.29) is 5.25 Å². The van der Waals surface area contributed by atoms with Crippen LogP contribution in [0.4, 0.5) is 0 Å². The number of rotatable bonds is 2. The highest BCUT2D eigenvalue weighted by molar-refractivity contribution is 8.07. The Morgan fingerprint density at radius 1 is 1.45 bits per heavy atom. The predicted molar refractivity (Wildman–Crippen MR) is 53.5 cm³/mol. The van der Waals surface area contributed by atoms with Crippen LogP contribution in [-0.2, 0) is 4.79 Å². The maximum Gasteiger partial charge on any atom is 0.146 e. The Labute approximate surface area is 76.7 Å². The van der Waals surface area contributed by atoms with E-state index in [0.29, 0.717) is 17.5 Å². The summed E-state index contributed by atoms with van der Waals surface area (Å²) >= 11 is 3.76. The molecule has 0 aromatic carbocycles. The Hall–Kier alpha value is 0.370. The molecule has 1 rings (SSSR count). The number of Topliss-reactive ketones (excluding diaryl/α,β-unsaturated/α-hetero) is 1. The van der Waals surface area contributed by atoms with Crippen molar-refractivity contribution < 1.29 is 4.79 Å². The number of carbonyl (C=O) groups excluding carboxylic acids is 1. The molecule has 1 saturated heterocycles. The highest BCUT2D eigenvalue weighted by Gasteiger charge is 2.27. The Balaban J connectivity index is 2.47. The van der Waals surface area contributed by atoms with E-state index >= 15 is 0 Å². The molecular weight excluding hydrogens is 176 g/mol. The van der Waals surface area contributed by atoms with Crippen LogP contribution in [-0.4, -0.2) is 27.8 Å². The number of hydrogen-bond acceptors (Lipinski definition) is 3. The van der Waals surface area contributed by atoms with Gasteiger partial charge in [-0.15, -0.1) is 11.8 Å². The first-order valence-electron chi connectivity index (χ1n) is 4.01. The molecule has 0 amide bonds. The van der Waals surface area contributed by atoms with Gasteiger partial charge in [-0.2, -0.15) is 11.8 Å². The number of carbonyl (C=O) groups is 1. The molecule has 2 atom stereocenters. The third-order valence-corrected chi connectivity index (χ3v) is 4.99. The molecule has 0 aromatic rings. The van der Waals surface area contributed by atoms with Crippen molar-refractivity contribution in [3.8, 4) is 0 Å². The second-order valence-electron chi connectivity index (χ2n) is 2.69. The quantitative estimate of drug-likeness (QED) is 0.664. The molecule has 11 heavy (non-hydrogen) atoms. The first-order valence-corrected chi connectivity index (χ1v) is 6.11. The third kappa shape index (κ3) is 2.41. The number of hydrogen-bond donors (Lipinski definition) is 0. The Kier molecular flexibility index (Phi) is 3.79. The summed E-state index contributed by atoms with van der Waals surface area (Å²) in [5.41, 5.74) is 0. The maximum atomic E-state index is 11.3. The van der Waals surface area contributed by atoms with E-state index in [2.05, 4.69) is 6.92 Å². The van der Waals surface area contributed by atoms with Gasteiger partial charge in [0.1, 0.15) is 5.78 Å². The fraction of sp³-hybridized carbons (Fsp3) is 0.875. The average molecular weight is 190 g/mol. The van der Waals surface area contributed by atoms with Gasteiger partial charge in [0, 0.05) is 23.2 Å². The van der Waals surface area contributed by atoms with Gasteiger partial charge in [0.05, 0.1) is 5.25 Å². The lowest BCUT2D eigenvalue weighted by Gasteiger charge is -2.26. The second-order valence-corrected chi connectivity index (χ2v) is 5.42. The molecule has 0 aromatic heterocycles. The third-order valence-electron chi connectivity index (χ3n) is 1.85. The number of ketones is 1. The van der Waals surface area contributed by atoms with Crippen molar-refractivity contribution in [1.29, 1.82) is 0 Å². The van der Waals surface area contributed by atoms with Crippen molar-refractivity contribution in [2.75, 3.05) is 11.5 Å². The summed E-state index contributed by atoms with van der Waals surface area (Å²) in [5.74, 6) is 2.78. The molecule has 1 aliphatic heterocycles. The molecule has 0 radical (unpaired) electrons. The van der Waals surface area contributed by atoms with Crippen LogP contribution >= 0.6 is 23.5 Å². The van der Waals surface area contributed by atoms with Gasteiger partial charge in [0.2, 0.25) is 0 Å². The molecule has 0 N–H and O–H groups in total. The molecular formula is C8H14OS2. The molecule has 0 bridgehead atoms. The van der Waals surface area contributed by atoms with Crippen molar-refractivity contribution in [3.05, 3.63) is 0 Å². The maximum absolute atomic E-state index is 11.3. The van der Waals surface area contributed by atoms with Crippen LogP contribution in [0.15, 0.2) is 0 Å². The molecule has 2 unspecified atom stereocenters. The molecule has 3 heteroatoms. The molecule has 64 valence electrons. The van der Waals surface area contributed by atoms with Crippen LogP contribution in [0.1, 0.15) is 20.3 Å². The zero-order chi connectivity index (χ0) is 8.27. The van der Waals surface area contributed by atoms with Crippen LogP contribution in [0.3, 0.4) is 0 Å². The first kappa shape index (κ1) is 9.46. The molecule has 1 nitrogen and oxygen atoms in total. The van der Waals surface area contributed by atoms with E-state index in [4.69, 9.17) is 0 Å². The normalized spacial score (nSPS) is 31.8. The Morgan fingerprint density at radius 2 is 2.09 bits per heavy atom. The van der Waals surface area contributed by atoms with E-state index in [1.807, 2.05) is 30.4 Å². The highest BCUT2D eigenvalue weighted by atomic mass is 32.2. The Morgan fingerprint density at radius 3 is 2.64 bits per heavy atom. The minimum atomic E-state index is 0.277. The van der Waals surface area contributed by atoms with Gasteiger partial charge in [-0.3, -0.25) is 4.79 Å². The van der Waals surface area contributed by atoms with Crippen molar-refractivity contribution in [2.24, 2.45) is 0 Å². The van der Waals surface area contributed by atoms with Gasteiger partial charge in [-0.25, -0.2) is 0 Å². The van der Waals surface area contributed by atoms with Gasteiger partial charge >= 0.3 is 0 Å². The zero-order valence-corrected chi connectivity index (χ0v) is 8.63. The lowest BCUT2D eigenvalue weighted by Crippen LogP contribution is -2.30. The molecule has 0 saturated carbocycles.